The van der Waals surface area contributed by atoms with Crippen molar-refractivity contribution in [3.05, 3.63) is 111 Å². The summed E-state index contributed by atoms with van der Waals surface area (Å²) in [5, 5.41) is 7.47. The highest BCUT2D eigenvalue weighted by molar-refractivity contribution is 7.70. The van der Waals surface area contributed by atoms with Crippen LogP contribution >= 0.6 is 18.7 Å². The molecule has 2 fully saturated rings. The summed E-state index contributed by atoms with van der Waals surface area (Å²) in [4.78, 5) is 50.3. The number of ether oxygens (including phenoxy) is 1. The average Bonchev–Trinajstić information content (AvgIpc) is 3.51. The maximum atomic E-state index is 13.0. The lowest BCUT2D eigenvalue weighted by Gasteiger charge is -2.34. The predicted octanol–water partition coefficient (Wildman–Crippen LogP) is 5.91. The zero-order valence-corrected chi connectivity index (χ0v) is 34.0. The normalized spacial score (nSPS) is 17.6. The molecule has 2 N–H and O–H groups in total. The maximum Gasteiger partial charge on any atom is 0.255 e. The van der Waals surface area contributed by atoms with Gasteiger partial charge in [-0.3, -0.25) is 19.7 Å². The van der Waals surface area contributed by atoms with Gasteiger partial charge in [0, 0.05) is 79.3 Å². The van der Waals surface area contributed by atoms with E-state index < -0.39 is 13.2 Å². The fourth-order valence-corrected chi connectivity index (χ4v) is 9.60. The van der Waals surface area contributed by atoms with Crippen LogP contribution in [0.15, 0.2) is 66.9 Å². The molecule has 2 saturated heterocycles. The summed E-state index contributed by atoms with van der Waals surface area (Å²) in [5.74, 6) is 0.662. The van der Waals surface area contributed by atoms with Gasteiger partial charge >= 0.3 is 0 Å². The summed E-state index contributed by atoms with van der Waals surface area (Å²) < 4.78 is 18.8. The molecule has 1 atom stereocenters. The fraction of sp³-hybridized carbons (Fsp3) is 0.419. The molecule has 0 radical (unpaired) electrons. The number of fused-ring (bicyclic) bond motifs is 1. The molecule has 0 aliphatic carbocycles. The Bertz CT molecular complexity index is 2170. The second-order valence-electron chi connectivity index (χ2n) is 15.5. The number of hydrogen-bond donors (Lipinski definition) is 2. The number of rotatable bonds is 14. The van der Waals surface area contributed by atoms with Crippen molar-refractivity contribution in [3.8, 4) is 5.75 Å². The van der Waals surface area contributed by atoms with Crippen molar-refractivity contribution < 1.29 is 23.7 Å². The fourth-order valence-electron chi connectivity index (χ4n) is 8.15. The molecule has 11 nitrogen and oxygen atoms in total. The number of amides is 3. The van der Waals surface area contributed by atoms with E-state index in [4.69, 9.17) is 21.3 Å². The van der Waals surface area contributed by atoms with Gasteiger partial charge in [0.25, 0.3) is 5.91 Å². The van der Waals surface area contributed by atoms with Gasteiger partial charge in [0.1, 0.15) is 24.8 Å². The minimum absolute atomic E-state index is 0.131. The zero-order valence-electron chi connectivity index (χ0n) is 32.4. The second-order valence-corrected chi connectivity index (χ2v) is 19.1. The van der Waals surface area contributed by atoms with Gasteiger partial charge in [-0.1, -0.05) is 54.1 Å². The molecule has 13 heteroatoms. The molecule has 3 aliphatic heterocycles. The standard InChI is InChI=1S/C43H50ClN6O5P/c1-55-38-25-33(13-12-29(38)24-40-46-26-35(44)36(47-40)23-30-9-4-5-10-39(30)56(2,3)54)49-20-17-32(18-21-49)45-19-7-6-8-28-11-14-34-31(22-28)27-50(43(34)53)37-15-16-41(51)48-42(37)52/h4-5,9-14,22,25-26,32,37,45H,6-8,15-21,23-24,27H2,1-3H3,(H,48,51,52). The molecule has 0 spiro atoms. The van der Waals surface area contributed by atoms with Crippen LogP contribution in [0.1, 0.15) is 82.7 Å². The number of nitrogens with zero attached hydrogens (tertiary/aromatic N) is 4. The number of anilines is 1. The number of unbranched alkanes of at least 4 members (excludes halogenated alkanes) is 1. The summed E-state index contributed by atoms with van der Waals surface area (Å²) in [6, 6.07) is 20.0. The molecular formula is C43H50ClN6O5P. The Morgan fingerprint density at radius 3 is 2.54 bits per heavy atom. The quantitative estimate of drug-likeness (QED) is 0.0908. The molecule has 1 unspecified atom stereocenters. The molecule has 4 heterocycles. The van der Waals surface area contributed by atoms with Crippen molar-refractivity contribution in [1.82, 2.24) is 25.5 Å². The lowest BCUT2D eigenvalue weighted by Crippen LogP contribution is -2.52. The van der Waals surface area contributed by atoms with Crippen molar-refractivity contribution in [1.29, 1.82) is 0 Å². The summed E-state index contributed by atoms with van der Waals surface area (Å²) >= 11 is 6.55. The summed E-state index contributed by atoms with van der Waals surface area (Å²) in [6.07, 6.45) is 8.40. The maximum absolute atomic E-state index is 13.0. The molecule has 4 aromatic rings. The Kier molecular flexibility index (Phi) is 12.2. The predicted molar refractivity (Wildman–Crippen MR) is 220 cm³/mol. The number of aryl methyl sites for hydroxylation is 1. The molecule has 0 bridgehead atoms. The Morgan fingerprint density at radius 2 is 1.77 bits per heavy atom. The highest BCUT2D eigenvalue weighted by atomic mass is 35.5. The number of carbonyl (C=O) groups excluding carboxylic acids is 3. The largest absolute Gasteiger partial charge is 0.496 e. The number of benzene rings is 3. The van der Waals surface area contributed by atoms with Gasteiger partial charge in [-0.2, -0.15) is 0 Å². The minimum Gasteiger partial charge on any atom is -0.496 e. The van der Waals surface area contributed by atoms with Gasteiger partial charge in [-0.15, -0.1) is 0 Å². The summed E-state index contributed by atoms with van der Waals surface area (Å²) in [6.45, 7) is 6.84. The highest BCUT2D eigenvalue weighted by Gasteiger charge is 2.39. The first-order valence-electron chi connectivity index (χ1n) is 19.5. The van der Waals surface area contributed by atoms with E-state index in [-0.39, 0.29) is 24.1 Å². The number of aromatic nitrogens is 2. The Morgan fingerprint density at radius 1 is 0.964 bits per heavy atom. The molecule has 294 valence electrons. The lowest BCUT2D eigenvalue weighted by atomic mass is 10.0. The number of piperidine rings is 2. The van der Waals surface area contributed by atoms with Crippen molar-refractivity contribution >= 4 is 47.5 Å². The van der Waals surface area contributed by atoms with Gasteiger partial charge in [0.15, 0.2) is 0 Å². The Labute approximate surface area is 333 Å². The van der Waals surface area contributed by atoms with Crippen LogP contribution in [-0.2, 0) is 40.0 Å². The molecule has 56 heavy (non-hydrogen) atoms. The van der Waals surface area contributed by atoms with Crippen molar-refractivity contribution in [2.24, 2.45) is 0 Å². The van der Waals surface area contributed by atoms with Crippen LogP contribution < -0.4 is 25.6 Å². The van der Waals surface area contributed by atoms with Crippen molar-refractivity contribution in [2.45, 2.75) is 76.4 Å². The van der Waals surface area contributed by atoms with Gasteiger partial charge < -0.3 is 24.4 Å². The van der Waals surface area contributed by atoms with Gasteiger partial charge in [0.2, 0.25) is 11.8 Å². The first-order chi connectivity index (χ1) is 27.0. The smallest absolute Gasteiger partial charge is 0.255 e. The van der Waals surface area contributed by atoms with Crippen LogP contribution in [0, 0.1) is 0 Å². The van der Waals surface area contributed by atoms with E-state index in [9.17, 15) is 18.9 Å². The molecule has 3 aliphatic rings. The number of nitrogens with one attached hydrogen (secondary N) is 2. The van der Waals surface area contributed by atoms with E-state index in [2.05, 4.69) is 44.8 Å². The number of imide groups is 1. The number of hydrogen-bond acceptors (Lipinski definition) is 9. The van der Waals surface area contributed by atoms with E-state index in [0.29, 0.717) is 54.0 Å². The third-order valence-corrected chi connectivity index (χ3v) is 13.1. The van der Waals surface area contributed by atoms with E-state index >= 15 is 0 Å². The van der Waals surface area contributed by atoms with E-state index in [1.165, 1.54) is 5.56 Å². The van der Waals surface area contributed by atoms with Crippen LogP contribution in [0.5, 0.6) is 5.75 Å². The molecule has 0 saturated carbocycles. The molecule has 7 rings (SSSR count). The zero-order chi connectivity index (χ0) is 39.4. The van der Waals surface area contributed by atoms with Crippen LogP contribution in [0.25, 0.3) is 0 Å². The lowest BCUT2D eigenvalue weighted by molar-refractivity contribution is -0.136. The minimum atomic E-state index is -2.47. The van der Waals surface area contributed by atoms with E-state index in [0.717, 1.165) is 85.2 Å². The number of halogens is 1. The molecular weight excluding hydrogens is 747 g/mol. The van der Waals surface area contributed by atoms with Gasteiger partial charge in [0.05, 0.1) is 17.8 Å². The molecule has 3 aromatic carbocycles. The summed E-state index contributed by atoms with van der Waals surface area (Å²) in [7, 11) is -0.771. The average molecular weight is 797 g/mol. The van der Waals surface area contributed by atoms with Crippen LogP contribution in [0.3, 0.4) is 0 Å². The first-order valence-corrected chi connectivity index (χ1v) is 22.5. The first kappa shape index (κ1) is 39.7. The Hall–Kier alpha value is -4.57. The third kappa shape index (κ3) is 9.17. The molecule has 3 amide bonds. The SMILES string of the molecule is COc1cc(N2CCC(NCCCCc3ccc4c(c3)CN(C3CCC(=O)NC3=O)C4=O)CC2)ccc1Cc1ncc(Cl)c(Cc2ccccc2P(C)(C)=O)n1. The van der Waals surface area contributed by atoms with Crippen LogP contribution in [0.2, 0.25) is 5.02 Å². The van der Waals surface area contributed by atoms with Crippen LogP contribution in [-0.4, -0.2) is 84.7 Å². The van der Waals surface area contributed by atoms with Gasteiger partial charge in [-0.05, 0) is 87.2 Å². The topological polar surface area (TPSA) is 134 Å². The highest BCUT2D eigenvalue weighted by Crippen LogP contribution is 2.37. The second kappa shape index (κ2) is 17.3. The van der Waals surface area contributed by atoms with Crippen molar-refractivity contribution in [3.63, 3.8) is 0 Å². The van der Waals surface area contributed by atoms with E-state index in [1.54, 1.807) is 31.5 Å². The number of methoxy groups -OCH3 is 1. The summed E-state index contributed by atoms with van der Waals surface area (Å²) in [5.41, 5.74) is 6.62. The monoisotopic (exact) mass is 796 g/mol. The van der Waals surface area contributed by atoms with Crippen LogP contribution in [0.4, 0.5) is 5.69 Å². The third-order valence-electron chi connectivity index (χ3n) is 11.2. The number of carbonyl (C=O) groups is 3. The van der Waals surface area contributed by atoms with E-state index in [1.807, 2.05) is 36.4 Å². The Balaban J connectivity index is 0.862. The molecule has 1 aromatic heterocycles. The van der Waals surface area contributed by atoms with Gasteiger partial charge in [-0.25, -0.2) is 9.97 Å². The van der Waals surface area contributed by atoms with Crippen molar-refractivity contribution in [2.75, 3.05) is 45.0 Å².